The third kappa shape index (κ3) is 10.1. The third-order valence-electron chi connectivity index (χ3n) is 7.67. The van der Waals surface area contributed by atoms with Crippen molar-refractivity contribution in [2.75, 3.05) is 52.4 Å². The number of guanidine groups is 1. The van der Waals surface area contributed by atoms with Crippen LogP contribution in [0, 0.1) is 5.92 Å². The minimum atomic E-state index is -0.254. The van der Waals surface area contributed by atoms with Crippen molar-refractivity contribution in [1.29, 1.82) is 0 Å². The van der Waals surface area contributed by atoms with Gasteiger partial charge in [-0.1, -0.05) is 49.1 Å². The van der Waals surface area contributed by atoms with E-state index in [0.29, 0.717) is 12.5 Å². The van der Waals surface area contributed by atoms with Gasteiger partial charge in [-0.25, -0.2) is 4.99 Å². The van der Waals surface area contributed by atoms with Gasteiger partial charge in [0.05, 0.1) is 6.54 Å². The van der Waals surface area contributed by atoms with E-state index in [4.69, 9.17) is 16.6 Å². The highest BCUT2D eigenvalue weighted by Gasteiger charge is 2.16. The SMILES string of the molecule is ClC1C=C(NCCCN2CCCC2)NC(=NCC2=CCC(CNCCCNC3CCCCC3)C=C2)N1. The minimum absolute atomic E-state index is 0.254. The molecule has 2 heterocycles. The molecular formula is C28H48ClN7. The van der Waals surface area contributed by atoms with Crippen LogP contribution < -0.4 is 26.6 Å². The fourth-order valence-corrected chi connectivity index (χ4v) is 5.74. The van der Waals surface area contributed by atoms with E-state index in [2.05, 4.69) is 49.7 Å². The summed E-state index contributed by atoms with van der Waals surface area (Å²) in [5, 5.41) is 17.4. The predicted molar refractivity (Wildman–Crippen MR) is 152 cm³/mol. The molecule has 0 aromatic rings. The average molecular weight is 518 g/mol. The Bertz CT molecular complexity index is 766. The Morgan fingerprint density at radius 2 is 1.89 bits per heavy atom. The topological polar surface area (TPSA) is 75.8 Å². The standard InChI is InChI=1S/C28H48ClN7/c29-26-20-27(32-16-7-19-36-17-4-5-18-36)35-28(34-26)33-22-24-12-10-23(11-13-24)21-30-14-6-15-31-25-8-2-1-3-9-25/h10,12-13,20,23,25-26,30-32H,1-9,11,14-19,21-22H2,(H2,33,34,35). The van der Waals surface area contributed by atoms with Crippen molar-refractivity contribution in [3.05, 3.63) is 35.7 Å². The van der Waals surface area contributed by atoms with Gasteiger partial charge in [-0.3, -0.25) is 0 Å². The quantitative estimate of drug-likeness (QED) is 0.138. The van der Waals surface area contributed by atoms with Crippen molar-refractivity contribution in [2.45, 2.75) is 75.8 Å². The van der Waals surface area contributed by atoms with Crippen LogP contribution in [0.5, 0.6) is 0 Å². The summed E-state index contributed by atoms with van der Waals surface area (Å²) in [6.45, 7) is 8.55. The molecule has 202 valence electrons. The highest BCUT2D eigenvalue weighted by atomic mass is 35.5. The summed E-state index contributed by atoms with van der Waals surface area (Å²) in [5.74, 6) is 2.26. The third-order valence-corrected chi connectivity index (χ3v) is 7.90. The Balaban J connectivity index is 1.06. The Labute approximate surface area is 223 Å². The number of alkyl halides is 1. The van der Waals surface area contributed by atoms with Crippen molar-refractivity contribution in [3.8, 4) is 0 Å². The molecule has 0 bridgehead atoms. The van der Waals surface area contributed by atoms with E-state index in [9.17, 15) is 0 Å². The van der Waals surface area contributed by atoms with E-state index >= 15 is 0 Å². The summed E-state index contributed by atoms with van der Waals surface area (Å²) in [6.07, 6.45) is 22.0. The number of hydrogen-bond donors (Lipinski definition) is 5. The molecule has 0 amide bonds. The molecule has 4 aliphatic rings. The van der Waals surface area contributed by atoms with Gasteiger partial charge in [0.2, 0.25) is 0 Å². The fourth-order valence-electron chi connectivity index (χ4n) is 5.51. The van der Waals surface area contributed by atoms with Crippen molar-refractivity contribution < 1.29 is 0 Å². The number of nitrogens with zero attached hydrogens (tertiary/aromatic N) is 2. The monoisotopic (exact) mass is 517 g/mol. The molecule has 2 aliphatic heterocycles. The average Bonchev–Trinajstić information content (AvgIpc) is 3.42. The number of halogens is 1. The molecule has 1 saturated carbocycles. The number of aliphatic imine (C=N–C) groups is 1. The Hall–Kier alpha value is -1.54. The molecular weight excluding hydrogens is 470 g/mol. The molecule has 7 nitrogen and oxygen atoms in total. The van der Waals surface area contributed by atoms with Crippen LogP contribution in [0.4, 0.5) is 0 Å². The summed E-state index contributed by atoms with van der Waals surface area (Å²) in [6, 6.07) is 0.769. The van der Waals surface area contributed by atoms with Crippen LogP contribution in [0.3, 0.4) is 0 Å². The lowest BCUT2D eigenvalue weighted by molar-refractivity contribution is 0.332. The minimum Gasteiger partial charge on any atom is -0.372 e. The molecule has 2 atom stereocenters. The molecule has 4 rings (SSSR count). The van der Waals surface area contributed by atoms with Crippen molar-refractivity contribution in [3.63, 3.8) is 0 Å². The first-order valence-corrected chi connectivity index (χ1v) is 14.9. The molecule has 0 spiro atoms. The summed E-state index contributed by atoms with van der Waals surface area (Å²) < 4.78 is 0. The molecule has 2 aliphatic carbocycles. The van der Waals surface area contributed by atoms with Gasteiger partial charge < -0.3 is 31.5 Å². The first-order chi connectivity index (χ1) is 17.7. The number of rotatable bonds is 14. The van der Waals surface area contributed by atoms with Gasteiger partial charge in [0.15, 0.2) is 5.96 Å². The molecule has 2 unspecified atom stereocenters. The van der Waals surface area contributed by atoms with Gasteiger partial charge >= 0.3 is 0 Å². The van der Waals surface area contributed by atoms with E-state index in [1.54, 1.807) is 0 Å². The van der Waals surface area contributed by atoms with Crippen molar-refractivity contribution >= 4 is 17.6 Å². The highest BCUT2D eigenvalue weighted by Crippen LogP contribution is 2.18. The second kappa shape index (κ2) is 15.7. The summed E-state index contributed by atoms with van der Waals surface area (Å²) >= 11 is 6.39. The Kier molecular flexibility index (Phi) is 12.0. The molecule has 0 aromatic heterocycles. The van der Waals surface area contributed by atoms with E-state index < -0.39 is 0 Å². The zero-order valence-corrected chi connectivity index (χ0v) is 22.8. The number of allylic oxidation sites excluding steroid dienone is 1. The molecule has 36 heavy (non-hydrogen) atoms. The molecule has 5 N–H and O–H groups in total. The molecule has 2 fully saturated rings. The van der Waals surface area contributed by atoms with Crippen LogP contribution >= 0.6 is 11.6 Å². The zero-order chi connectivity index (χ0) is 24.8. The number of nitrogens with one attached hydrogen (secondary N) is 5. The van der Waals surface area contributed by atoms with E-state index in [1.165, 1.54) is 76.6 Å². The predicted octanol–water partition coefficient (Wildman–Crippen LogP) is 3.42. The van der Waals surface area contributed by atoms with Gasteiger partial charge in [-0.05, 0) is 95.2 Å². The molecule has 8 heteroatoms. The number of likely N-dealkylation sites (tertiary alicyclic amines) is 1. The van der Waals surface area contributed by atoms with Crippen LogP contribution in [-0.4, -0.2) is 74.8 Å². The largest absolute Gasteiger partial charge is 0.372 e. The van der Waals surface area contributed by atoms with Gasteiger partial charge in [-0.15, -0.1) is 0 Å². The zero-order valence-electron chi connectivity index (χ0n) is 22.0. The number of hydrogen-bond acceptors (Lipinski definition) is 5. The lowest BCUT2D eigenvalue weighted by Gasteiger charge is -2.24. The maximum Gasteiger partial charge on any atom is 0.198 e. The van der Waals surface area contributed by atoms with E-state index in [1.807, 2.05) is 6.08 Å². The Morgan fingerprint density at radius 1 is 1.03 bits per heavy atom. The summed E-state index contributed by atoms with van der Waals surface area (Å²) in [7, 11) is 0. The second-order valence-corrected chi connectivity index (χ2v) is 11.2. The van der Waals surface area contributed by atoms with Crippen LogP contribution in [0.1, 0.15) is 64.2 Å². The molecule has 1 saturated heterocycles. The molecule has 0 radical (unpaired) electrons. The van der Waals surface area contributed by atoms with Gasteiger partial charge in [0.25, 0.3) is 0 Å². The van der Waals surface area contributed by atoms with Crippen LogP contribution in [-0.2, 0) is 0 Å². The van der Waals surface area contributed by atoms with E-state index in [-0.39, 0.29) is 5.50 Å². The maximum absolute atomic E-state index is 6.39. The summed E-state index contributed by atoms with van der Waals surface area (Å²) in [5.41, 5.74) is 1.01. The second-order valence-electron chi connectivity index (χ2n) is 10.7. The van der Waals surface area contributed by atoms with Crippen LogP contribution in [0.25, 0.3) is 0 Å². The Morgan fingerprint density at radius 3 is 2.69 bits per heavy atom. The van der Waals surface area contributed by atoms with Crippen molar-refractivity contribution in [2.24, 2.45) is 10.9 Å². The highest BCUT2D eigenvalue weighted by molar-refractivity contribution is 6.23. The molecule has 0 aromatic carbocycles. The van der Waals surface area contributed by atoms with Crippen molar-refractivity contribution in [1.82, 2.24) is 31.5 Å². The van der Waals surface area contributed by atoms with Gasteiger partial charge in [0.1, 0.15) is 11.3 Å². The van der Waals surface area contributed by atoms with Gasteiger partial charge in [0, 0.05) is 19.1 Å². The normalized spacial score (nSPS) is 26.4. The first kappa shape index (κ1) is 27.5. The van der Waals surface area contributed by atoms with Crippen LogP contribution in [0.2, 0.25) is 0 Å². The van der Waals surface area contributed by atoms with E-state index in [0.717, 1.165) is 56.8 Å². The lowest BCUT2D eigenvalue weighted by atomic mass is 9.95. The lowest BCUT2D eigenvalue weighted by Crippen LogP contribution is -2.48. The summed E-state index contributed by atoms with van der Waals surface area (Å²) in [4.78, 5) is 7.28. The fraction of sp³-hybridized carbons (Fsp3) is 0.750. The van der Waals surface area contributed by atoms with Gasteiger partial charge in [-0.2, -0.15) is 0 Å². The smallest absolute Gasteiger partial charge is 0.198 e. The maximum atomic E-state index is 6.39. The first-order valence-electron chi connectivity index (χ1n) is 14.5. The van der Waals surface area contributed by atoms with Crippen LogP contribution in [0.15, 0.2) is 40.7 Å².